The van der Waals surface area contributed by atoms with E-state index in [0.29, 0.717) is 24.4 Å². The number of nitriles is 1. The van der Waals surface area contributed by atoms with E-state index in [1.54, 1.807) is 0 Å². The van der Waals surface area contributed by atoms with Crippen LogP contribution in [0.5, 0.6) is 5.75 Å². The van der Waals surface area contributed by atoms with Crippen molar-refractivity contribution in [3.63, 3.8) is 0 Å². The Balaban J connectivity index is 1.89. The summed E-state index contributed by atoms with van der Waals surface area (Å²) in [5.74, 6) is 1.61. The van der Waals surface area contributed by atoms with Gasteiger partial charge >= 0.3 is 0 Å². The number of nitrogens with zero attached hydrogens (tertiary/aromatic N) is 3. The highest BCUT2D eigenvalue weighted by Gasteiger charge is 2.03. The summed E-state index contributed by atoms with van der Waals surface area (Å²) in [6, 6.07) is 9.93. The van der Waals surface area contributed by atoms with Gasteiger partial charge in [0, 0.05) is 6.42 Å². The van der Waals surface area contributed by atoms with Gasteiger partial charge in [-0.3, -0.25) is 0 Å². The number of aryl methyl sites for hydroxylation is 1. The zero-order valence-corrected chi connectivity index (χ0v) is 11.3. The largest absolute Gasteiger partial charge is 0.493 e. The van der Waals surface area contributed by atoms with Crippen molar-refractivity contribution < 1.29 is 4.74 Å². The van der Waals surface area contributed by atoms with Crippen LogP contribution < -0.4 is 10.5 Å². The van der Waals surface area contributed by atoms with E-state index >= 15 is 0 Å². The minimum Gasteiger partial charge on any atom is -0.493 e. The number of nitrogens with two attached hydrogens (primary N) is 1. The van der Waals surface area contributed by atoms with Crippen molar-refractivity contribution in [1.82, 2.24) is 9.97 Å². The summed E-state index contributed by atoms with van der Waals surface area (Å²) in [6.45, 7) is 2.58. The molecule has 0 aliphatic carbocycles. The van der Waals surface area contributed by atoms with Gasteiger partial charge in [0.05, 0.1) is 12.8 Å². The molecule has 5 nitrogen and oxygen atoms in total. The Kier molecular flexibility index (Phi) is 4.51. The van der Waals surface area contributed by atoms with Crippen LogP contribution in [-0.4, -0.2) is 16.6 Å². The highest BCUT2D eigenvalue weighted by atomic mass is 16.5. The van der Waals surface area contributed by atoms with Crippen LogP contribution >= 0.6 is 0 Å². The van der Waals surface area contributed by atoms with E-state index in [9.17, 15) is 0 Å². The Hall–Kier alpha value is -2.61. The number of anilines is 1. The standard InChI is InChI=1S/C15H16N4O/c1-2-11-3-5-13(6-4-11)20-8-7-14-18-10-12(9-16)15(17)19-14/h3-6,10H,2,7-8H2,1H3,(H2,17,18,19). The van der Waals surface area contributed by atoms with Crippen molar-refractivity contribution in [2.45, 2.75) is 19.8 Å². The normalized spacial score (nSPS) is 10.0. The Morgan fingerprint density at radius 1 is 1.30 bits per heavy atom. The molecule has 0 amide bonds. The average molecular weight is 268 g/mol. The van der Waals surface area contributed by atoms with Crippen LogP contribution in [0.2, 0.25) is 0 Å². The molecule has 0 fully saturated rings. The maximum Gasteiger partial charge on any atom is 0.145 e. The molecule has 20 heavy (non-hydrogen) atoms. The first kappa shape index (κ1) is 13.8. The van der Waals surface area contributed by atoms with Gasteiger partial charge in [-0.15, -0.1) is 0 Å². The molecule has 0 bridgehead atoms. The zero-order chi connectivity index (χ0) is 14.4. The minimum absolute atomic E-state index is 0.213. The summed E-state index contributed by atoms with van der Waals surface area (Å²) >= 11 is 0. The molecule has 0 aliphatic rings. The smallest absolute Gasteiger partial charge is 0.145 e. The van der Waals surface area contributed by atoms with Gasteiger partial charge < -0.3 is 10.5 Å². The van der Waals surface area contributed by atoms with Gasteiger partial charge in [-0.2, -0.15) is 5.26 Å². The number of aromatic nitrogens is 2. The van der Waals surface area contributed by atoms with Gasteiger partial charge in [0.1, 0.15) is 29.0 Å². The molecule has 102 valence electrons. The van der Waals surface area contributed by atoms with Crippen molar-refractivity contribution in [2.75, 3.05) is 12.3 Å². The molecule has 0 saturated heterocycles. The molecule has 0 unspecified atom stereocenters. The van der Waals surface area contributed by atoms with E-state index in [-0.39, 0.29) is 5.82 Å². The summed E-state index contributed by atoms with van der Waals surface area (Å²) in [5.41, 5.74) is 7.21. The Labute approximate surface area is 118 Å². The van der Waals surface area contributed by atoms with Crippen LogP contribution in [0.4, 0.5) is 5.82 Å². The second kappa shape index (κ2) is 6.53. The summed E-state index contributed by atoms with van der Waals surface area (Å²) in [5, 5.41) is 8.74. The van der Waals surface area contributed by atoms with E-state index in [4.69, 9.17) is 15.7 Å². The molecule has 0 radical (unpaired) electrons. The first-order valence-corrected chi connectivity index (χ1v) is 6.46. The second-order valence-corrected chi connectivity index (χ2v) is 4.29. The highest BCUT2D eigenvalue weighted by Crippen LogP contribution is 2.13. The van der Waals surface area contributed by atoms with E-state index in [2.05, 4.69) is 16.9 Å². The third-order valence-electron chi connectivity index (χ3n) is 2.91. The molecule has 2 aromatic rings. The van der Waals surface area contributed by atoms with E-state index < -0.39 is 0 Å². The first-order chi connectivity index (χ1) is 9.72. The van der Waals surface area contributed by atoms with Crippen LogP contribution in [0.15, 0.2) is 30.5 Å². The molecule has 0 saturated carbocycles. The van der Waals surface area contributed by atoms with Gasteiger partial charge in [0.15, 0.2) is 0 Å². The predicted octanol–water partition coefficient (Wildman–Crippen LogP) is 2.11. The van der Waals surface area contributed by atoms with E-state index in [0.717, 1.165) is 12.2 Å². The molecule has 0 aliphatic heterocycles. The van der Waals surface area contributed by atoms with Crippen LogP contribution in [-0.2, 0) is 12.8 Å². The molecule has 0 atom stereocenters. The Morgan fingerprint density at radius 3 is 2.65 bits per heavy atom. The van der Waals surface area contributed by atoms with E-state index in [1.807, 2.05) is 30.3 Å². The number of hydrogen-bond donors (Lipinski definition) is 1. The zero-order valence-electron chi connectivity index (χ0n) is 11.3. The fourth-order valence-corrected chi connectivity index (χ4v) is 1.72. The number of nitrogen functional groups attached to an aromatic ring is 1. The van der Waals surface area contributed by atoms with Crippen molar-refractivity contribution in [3.05, 3.63) is 47.4 Å². The lowest BCUT2D eigenvalue weighted by Gasteiger charge is -2.06. The molecular formula is C15H16N4O. The molecule has 2 rings (SSSR count). The summed E-state index contributed by atoms with van der Waals surface area (Å²) in [6.07, 6.45) is 3.00. The molecular weight excluding hydrogens is 252 g/mol. The fourth-order valence-electron chi connectivity index (χ4n) is 1.72. The highest BCUT2D eigenvalue weighted by molar-refractivity contribution is 5.46. The lowest BCUT2D eigenvalue weighted by atomic mass is 10.2. The lowest BCUT2D eigenvalue weighted by Crippen LogP contribution is -2.07. The summed E-state index contributed by atoms with van der Waals surface area (Å²) in [7, 11) is 0. The second-order valence-electron chi connectivity index (χ2n) is 4.29. The fraction of sp³-hybridized carbons (Fsp3) is 0.267. The Morgan fingerprint density at radius 2 is 2.05 bits per heavy atom. The molecule has 1 aromatic heterocycles. The third-order valence-corrected chi connectivity index (χ3v) is 2.91. The quantitative estimate of drug-likeness (QED) is 0.897. The number of rotatable bonds is 5. The van der Waals surface area contributed by atoms with Gasteiger partial charge in [-0.25, -0.2) is 9.97 Å². The molecule has 5 heteroatoms. The molecule has 0 spiro atoms. The lowest BCUT2D eigenvalue weighted by molar-refractivity contribution is 0.319. The van der Waals surface area contributed by atoms with Crippen LogP contribution in [0.3, 0.4) is 0 Å². The topological polar surface area (TPSA) is 84.8 Å². The predicted molar refractivity (Wildman–Crippen MR) is 76.2 cm³/mol. The van der Waals surface area contributed by atoms with Crippen molar-refractivity contribution in [3.8, 4) is 11.8 Å². The number of hydrogen-bond acceptors (Lipinski definition) is 5. The maximum atomic E-state index is 8.74. The van der Waals surface area contributed by atoms with Crippen molar-refractivity contribution >= 4 is 5.82 Å². The van der Waals surface area contributed by atoms with Gasteiger partial charge in [-0.05, 0) is 24.1 Å². The van der Waals surface area contributed by atoms with Crippen molar-refractivity contribution in [1.29, 1.82) is 5.26 Å². The maximum absolute atomic E-state index is 8.74. The third kappa shape index (κ3) is 3.45. The molecule has 1 heterocycles. The number of ether oxygens (including phenoxy) is 1. The van der Waals surface area contributed by atoms with Gasteiger partial charge in [0.2, 0.25) is 0 Å². The van der Waals surface area contributed by atoms with Crippen LogP contribution in [0.25, 0.3) is 0 Å². The first-order valence-electron chi connectivity index (χ1n) is 6.46. The van der Waals surface area contributed by atoms with E-state index in [1.165, 1.54) is 11.8 Å². The van der Waals surface area contributed by atoms with Gasteiger partial charge in [0.25, 0.3) is 0 Å². The average Bonchev–Trinajstić information content (AvgIpc) is 2.48. The number of benzene rings is 1. The van der Waals surface area contributed by atoms with Crippen LogP contribution in [0.1, 0.15) is 23.9 Å². The molecule has 2 N–H and O–H groups in total. The van der Waals surface area contributed by atoms with Gasteiger partial charge in [-0.1, -0.05) is 19.1 Å². The summed E-state index contributed by atoms with van der Waals surface area (Å²) in [4.78, 5) is 8.14. The molecule has 1 aromatic carbocycles. The van der Waals surface area contributed by atoms with Crippen LogP contribution in [0, 0.1) is 11.3 Å². The Bertz CT molecular complexity index is 617. The summed E-state index contributed by atoms with van der Waals surface area (Å²) < 4.78 is 5.62. The SMILES string of the molecule is CCc1ccc(OCCc2ncc(C#N)c(N)n2)cc1. The van der Waals surface area contributed by atoms with Crippen molar-refractivity contribution in [2.24, 2.45) is 0 Å². The minimum atomic E-state index is 0.213. The monoisotopic (exact) mass is 268 g/mol.